The molecule has 1 rings (SSSR count). The monoisotopic (exact) mass is 458 g/mol. The Morgan fingerprint density at radius 2 is 0.906 bits per heavy atom. The SMILES string of the molecule is CCCCCCCCCCCCCCCCCC[N+](CC)(CC)C1CCCCC1.OOO. The van der Waals surface area contributed by atoms with Gasteiger partial charge in [-0.25, -0.2) is 10.5 Å². The first-order valence-corrected chi connectivity index (χ1v) is 14.5. The summed E-state index contributed by atoms with van der Waals surface area (Å²) in [7, 11) is 0. The Morgan fingerprint density at radius 1 is 0.562 bits per heavy atom. The molecule has 0 radical (unpaired) electrons. The maximum Gasteiger partial charge on any atom is 0.0890 e. The molecule has 0 saturated heterocycles. The predicted molar refractivity (Wildman–Crippen MR) is 139 cm³/mol. The zero-order valence-corrected chi connectivity index (χ0v) is 22.3. The fourth-order valence-corrected chi connectivity index (χ4v) is 5.84. The first-order chi connectivity index (χ1) is 15.7. The van der Waals surface area contributed by atoms with Gasteiger partial charge in [0.2, 0.25) is 0 Å². The second kappa shape index (κ2) is 24.0. The standard InChI is InChI=1S/C28H58N.H2O3/c1-4-7-8-9-10-11-12-13-14-15-16-17-18-19-20-24-27-29(5-2,6-3)28-25-22-21-23-26-28;1-3-2/h28H,4-27H2,1-3H3;1-2H/q+1;. The van der Waals surface area contributed by atoms with Crippen LogP contribution in [0, 0.1) is 0 Å². The summed E-state index contributed by atoms with van der Waals surface area (Å²) in [4.78, 5) is 0. The molecule has 0 heterocycles. The van der Waals surface area contributed by atoms with Crippen LogP contribution in [-0.2, 0) is 5.04 Å². The third-order valence-electron chi connectivity index (χ3n) is 8.07. The van der Waals surface area contributed by atoms with Crippen LogP contribution >= 0.6 is 0 Å². The Kier molecular flexibility index (Phi) is 23.9. The van der Waals surface area contributed by atoms with Gasteiger partial charge in [0, 0.05) is 0 Å². The van der Waals surface area contributed by atoms with Crippen LogP contribution < -0.4 is 0 Å². The van der Waals surface area contributed by atoms with Crippen molar-refractivity contribution < 1.29 is 20.0 Å². The van der Waals surface area contributed by atoms with E-state index in [9.17, 15) is 0 Å². The molecule has 194 valence electrons. The van der Waals surface area contributed by atoms with Gasteiger partial charge in [-0.05, 0) is 52.4 Å². The molecule has 0 atom stereocenters. The van der Waals surface area contributed by atoms with Gasteiger partial charge >= 0.3 is 0 Å². The van der Waals surface area contributed by atoms with Crippen LogP contribution in [0.4, 0.5) is 0 Å². The molecule has 1 aliphatic rings. The average Bonchev–Trinajstić information content (AvgIpc) is 2.83. The smallest absolute Gasteiger partial charge is 0.0890 e. The highest BCUT2D eigenvalue weighted by atomic mass is 17.4. The van der Waals surface area contributed by atoms with Gasteiger partial charge in [0.1, 0.15) is 0 Å². The molecule has 0 aromatic rings. The molecule has 1 aliphatic carbocycles. The van der Waals surface area contributed by atoms with Crippen LogP contribution in [0.1, 0.15) is 156 Å². The minimum Gasteiger partial charge on any atom is -0.322 e. The van der Waals surface area contributed by atoms with Gasteiger partial charge in [0.15, 0.2) is 0 Å². The van der Waals surface area contributed by atoms with E-state index in [2.05, 4.69) is 25.8 Å². The van der Waals surface area contributed by atoms with E-state index in [0.717, 1.165) is 6.04 Å². The van der Waals surface area contributed by atoms with Crippen molar-refractivity contribution in [3.63, 3.8) is 0 Å². The first-order valence-electron chi connectivity index (χ1n) is 14.5. The molecular formula is C28H60NO3+. The lowest BCUT2D eigenvalue weighted by Gasteiger charge is -2.45. The van der Waals surface area contributed by atoms with Gasteiger partial charge in [0.25, 0.3) is 0 Å². The molecule has 0 aromatic heterocycles. The van der Waals surface area contributed by atoms with E-state index in [1.807, 2.05) is 0 Å². The largest absolute Gasteiger partial charge is 0.322 e. The second-order valence-electron chi connectivity index (χ2n) is 10.3. The number of rotatable bonds is 20. The van der Waals surface area contributed by atoms with Crippen LogP contribution in [0.15, 0.2) is 0 Å². The molecule has 4 nitrogen and oxygen atoms in total. The van der Waals surface area contributed by atoms with E-state index in [0.29, 0.717) is 0 Å². The summed E-state index contributed by atoms with van der Waals surface area (Å²) < 4.78 is 1.43. The lowest BCUT2D eigenvalue weighted by atomic mass is 9.91. The van der Waals surface area contributed by atoms with Crippen LogP contribution in [0.3, 0.4) is 0 Å². The Hall–Kier alpha value is -0.160. The summed E-state index contributed by atoms with van der Waals surface area (Å²) in [6.45, 7) is 11.4. The van der Waals surface area contributed by atoms with E-state index in [1.165, 1.54) is 159 Å². The van der Waals surface area contributed by atoms with E-state index in [4.69, 9.17) is 10.5 Å². The minimum absolute atomic E-state index is 0.982. The number of quaternary nitrogens is 1. The van der Waals surface area contributed by atoms with Crippen molar-refractivity contribution in [2.45, 2.75) is 162 Å². The highest BCUT2D eigenvalue weighted by molar-refractivity contribution is 4.67. The normalized spacial score (nSPS) is 14.9. The molecule has 1 saturated carbocycles. The molecule has 1 fully saturated rings. The maximum atomic E-state index is 6.62. The third kappa shape index (κ3) is 16.5. The van der Waals surface area contributed by atoms with Crippen molar-refractivity contribution in [2.24, 2.45) is 0 Å². The predicted octanol–water partition coefficient (Wildman–Crippen LogP) is 9.39. The van der Waals surface area contributed by atoms with Crippen molar-refractivity contribution in [1.29, 1.82) is 0 Å². The molecule has 0 spiro atoms. The summed E-state index contributed by atoms with van der Waals surface area (Å²) in [5.74, 6) is 0. The first kappa shape index (κ1) is 31.8. The molecule has 32 heavy (non-hydrogen) atoms. The van der Waals surface area contributed by atoms with Gasteiger partial charge in [-0.1, -0.05) is 108 Å². The molecule has 0 bridgehead atoms. The third-order valence-corrected chi connectivity index (χ3v) is 8.07. The van der Waals surface area contributed by atoms with E-state index in [1.54, 1.807) is 0 Å². The number of hydrogen-bond acceptors (Lipinski definition) is 3. The molecule has 0 aliphatic heterocycles. The highest BCUT2D eigenvalue weighted by Gasteiger charge is 2.34. The lowest BCUT2D eigenvalue weighted by molar-refractivity contribution is -0.949. The van der Waals surface area contributed by atoms with Crippen LogP contribution in [-0.4, -0.2) is 40.7 Å². The summed E-state index contributed by atoms with van der Waals surface area (Å²) in [5, 5.41) is 15.5. The average molecular weight is 459 g/mol. The Morgan fingerprint density at radius 3 is 1.25 bits per heavy atom. The van der Waals surface area contributed by atoms with Crippen LogP contribution in [0.5, 0.6) is 0 Å². The number of nitrogens with zero attached hydrogens (tertiary/aromatic N) is 1. The van der Waals surface area contributed by atoms with E-state index >= 15 is 0 Å². The van der Waals surface area contributed by atoms with Crippen molar-refractivity contribution >= 4 is 0 Å². The topological polar surface area (TPSA) is 49.7 Å². The maximum absolute atomic E-state index is 6.62. The number of hydrogen-bond donors (Lipinski definition) is 2. The van der Waals surface area contributed by atoms with Gasteiger partial charge in [0.05, 0.1) is 25.7 Å². The minimum atomic E-state index is 0.982. The molecule has 2 N–H and O–H groups in total. The van der Waals surface area contributed by atoms with Crippen molar-refractivity contribution in [3.05, 3.63) is 0 Å². The second-order valence-corrected chi connectivity index (χ2v) is 10.3. The van der Waals surface area contributed by atoms with Crippen LogP contribution in [0.2, 0.25) is 0 Å². The highest BCUT2D eigenvalue weighted by Crippen LogP contribution is 2.29. The molecule has 0 aromatic carbocycles. The van der Waals surface area contributed by atoms with E-state index < -0.39 is 0 Å². The lowest BCUT2D eigenvalue weighted by Crippen LogP contribution is -2.56. The quantitative estimate of drug-likeness (QED) is 0.0826. The summed E-state index contributed by atoms with van der Waals surface area (Å²) in [5.41, 5.74) is 0. The number of unbranched alkanes of at least 4 members (excludes halogenated alkanes) is 15. The van der Waals surface area contributed by atoms with Crippen molar-refractivity contribution in [3.8, 4) is 0 Å². The van der Waals surface area contributed by atoms with Gasteiger partial charge in [-0.15, -0.1) is 0 Å². The van der Waals surface area contributed by atoms with E-state index in [-0.39, 0.29) is 0 Å². The Bertz CT molecular complexity index is 355. The molecule has 0 unspecified atom stereocenters. The molecule has 0 amide bonds. The fourth-order valence-electron chi connectivity index (χ4n) is 5.84. The summed E-state index contributed by atoms with van der Waals surface area (Å²) in [6, 6.07) is 0.982. The Labute approximate surface area is 201 Å². The Balaban J connectivity index is 0.00000302. The molecule has 4 heteroatoms. The van der Waals surface area contributed by atoms with Crippen LogP contribution in [0.25, 0.3) is 0 Å². The van der Waals surface area contributed by atoms with Crippen molar-refractivity contribution in [1.82, 2.24) is 0 Å². The molecular weight excluding hydrogens is 398 g/mol. The zero-order valence-electron chi connectivity index (χ0n) is 22.3. The van der Waals surface area contributed by atoms with Crippen molar-refractivity contribution in [2.75, 3.05) is 19.6 Å². The fraction of sp³-hybridized carbons (Fsp3) is 1.00. The van der Waals surface area contributed by atoms with Gasteiger partial charge in [-0.2, -0.15) is 0 Å². The summed E-state index contributed by atoms with van der Waals surface area (Å²) >= 11 is 0. The van der Waals surface area contributed by atoms with Gasteiger partial charge < -0.3 is 4.48 Å². The summed E-state index contributed by atoms with van der Waals surface area (Å²) in [6.07, 6.45) is 31.0. The zero-order chi connectivity index (χ0) is 23.8. The van der Waals surface area contributed by atoms with Gasteiger partial charge in [-0.3, -0.25) is 0 Å².